The number of fused-ring (bicyclic) bond motifs is 2. The van der Waals surface area contributed by atoms with Crippen LogP contribution in [0.1, 0.15) is 11.1 Å². The average molecular weight is 451 g/mol. The van der Waals surface area contributed by atoms with Gasteiger partial charge in [-0.25, -0.2) is 9.37 Å². The SMILES string of the molecule is Cl.O/N=c1/cc(-c2cc3cccn3cn2)oc2ccc(CNCc3ccc(F)cc3)cc12. The van der Waals surface area contributed by atoms with Crippen molar-refractivity contribution in [3.8, 4) is 11.5 Å². The van der Waals surface area contributed by atoms with Crippen molar-refractivity contribution in [2.24, 2.45) is 5.16 Å². The molecule has 0 bridgehead atoms. The lowest BCUT2D eigenvalue weighted by atomic mass is 10.1. The molecule has 3 heterocycles. The summed E-state index contributed by atoms with van der Waals surface area (Å²) in [4.78, 5) is 4.44. The fourth-order valence-corrected chi connectivity index (χ4v) is 3.56. The van der Waals surface area contributed by atoms with Gasteiger partial charge in [0.1, 0.15) is 22.5 Å². The highest BCUT2D eigenvalue weighted by atomic mass is 35.5. The van der Waals surface area contributed by atoms with Gasteiger partial charge in [0.15, 0.2) is 5.76 Å². The van der Waals surface area contributed by atoms with Crippen LogP contribution in [-0.2, 0) is 13.1 Å². The number of hydrogen-bond acceptors (Lipinski definition) is 5. The fourth-order valence-electron chi connectivity index (χ4n) is 3.56. The summed E-state index contributed by atoms with van der Waals surface area (Å²) >= 11 is 0. The maximum atomic E-state index is 13.0. The number of aromatic nitrogens is 2. The Kier molecular flexibility index (Phi) is 6.20. The molecule has 0 amide bonds. The second-order valence-electron chi connectivity index (χ2n) is 7.27. The molecule has 0 atom stereocenters. The predicted molar refractivity (Wildman–Crippen MR) is 122 cm³/mol. The van der Waals surface area contributed by atoms with Crippen LogP contribution in [0.25, 0.3) is 27.9 Å². The van der Waals surface area contributed by atoms with Gasteiger partial charge in [-0.1, -0.05) is 23.4 Å². The fraction of sp³-hybridized carbons (Fsp3) is 0.0833. The van der Waals surface area contributed by atoms with E-state index in [1.165, 1.54) is 12.1 Å². The molecule has 0 fully saturated rings. The van der Waals surface area contributed by atoms with E-state index >= 15 is 0 Å². The van der Waals surface area contributed by atoms with Gasteiger partial charge in [-0.2, -0.15) is 0 Å². The first-order valence-electron chi connectivity index (χ1n) is 9.83. The topological polar surface area (TPSA) is 75.1 Å². The van der Waals surface area contributed by atoms with E-state index in [1.54, 1.807) is 24.5 Å². The highest BCUT2D eigenvalue weighted by Crippen LogP contribution is 2.22. The van der Waals surface area contributed by atoms with Crippen LogP contribution in [0.4, 0.5) is 4.39 Å². The zero-order valence-corrected chi connectivity index (χ0v) is 17.7. The summed E-state index contributed by atoms with van der Waals surface area (Å²) in [5, 5.41) is 17.5. The lowest BCUT2D eigenvalue weighted by Crippen LogP contribution is -2.13. The third-order valence-electron chi connectivity index (χ3n) is 5.16. The first kappa shape index (κ1) is 21.5. The molecule has 3 aromatic heterocycles. The molecule has 162 valence electrons. The Morgan fingerprint density at radius 1 is 1.00 bits per heavy atom. The van der Waals surface area contributed by atoms with E-state index in [1.807, 2.05) is 47.0 Å². The maximum Gasteiger partial charge on any atom is 0.155 e. The van der Waals surface area contributed by atoms with Crippen LogP contribution < -0.4 is 10.7 Å². The zero-order chi connectivity index (χ0) is 21.2. The Morgan fingerprint density at radius 3 is 2.59 bits per heavy atom. The van der Waals surface area contributed by atoms with Crippen LogP contribution in [0.5, 0.6) is 0 Å². The summed E-state index contributed by atoms with van der Waals surface area (Å²) < 4.78 is 21.0. The average Bonchev–Trinajstić information content (AvgIpc) is 3.27. The van der Waals surface area contributed by atoms with Gasteiger partial charge in [-0.05, 0) is 53.6 Å². The molecule has 0 aliphatic heterocycles. The molecule has 5 rings (SSSR count). The zero-order valence-electron chi connectivity index (χ0n) is 16.9. The molecule has 0 spiro atoms. The molecule has 0 saturated heterocycles. The number of nitrogens with zero attached hydrogens (tertiary/aromatic N) is 3. The second kappa shape index (κ2) is 9.21. The summed E-state index contributed by atoms with van der Waals surface area (Å²) in [6, 6.07) is 19.7. The van der Waals surface area contributed by atoms with Crippen LogP contribution >= 0.6 is 12.4 Å². The van der Waals surface area contributed by atoms with Crippen molar-refractivity contribution >= 4 is 28.9 Å². The van der Waals surface area contributed by atoms with Crippen molar-refractivity contribution in [2.45, 2.75) is 13.1 Å². The van der Waals surface area contributed by atoms with E-state index in [0.29, 0.717) is 40.9 Å². The van der Waals surface area contributed by atoms with Crippen molar-refractivity contribution in [1.29, 1.82) is 0 Å². The van der Waals surface area contributed by atoms with Gasteiger partial charge >= 0.3 is 0 Å². The molecule has 32 heavy (non-hydrogen) atoms. The van der Waals surface area contributed by atoms with Crippen LogP contribution in [0.2, 0.25) is 0 Å². The minimum atomic E-state index is -0.245. The lowest BCUT2D eigenvalue weighted by Gasteiger charge is -2.08. The molecule has 0 aliphatic carbocycles. The maximum absolute atomic E-state index is 13.0. The Bertz CT molecular complexity index is 1440. The van der Waals surface area contributed by atoms with Crippen molar-refractivity contribution in [3.63, 3.8) is 0 Å². The number of nitrogens with one attached hydrogen (secondary N) is 1. The molecular formula is C24H20ClFN4O2. The van der Waals surface area contributed by atoms with Gasteiger partial charge in [-0.15, -0.1) is 12.4 Å². The molecule has 5 aromatic rings. The van der Waals surface area contributed by atoms with Crippen LogP contribution in [0.15, 0.2) is 88.8 Å². The van der Waals surface area contributed by atoms with Gasteiger partial charge in [-0.3, -0.25) is 0 Å². The smallest absolute Gasteiger partial charge is 0.155 e. The minimum absolute atomic E-state index is 0. The third kappa shape index (κ3) is 4.34. The monoisotopic (exact) mass is 450 g/mol. The quantitative estimate of drug-likeness (QED) is 0.295. The number of halogens is 2. The van der Waals surface area contributed by atoms with Crippen molar-refractivity contribution in [1.82, 2.24) is 14.7 Å². The number of hydrogen-bond donors (Lipinski definition) is 2. The minimum Gasteiger partial charge on any atom is -0.454 e. The Labute approximate surface area is 189 Å². The molecule has 0 radical (unpaired) electrons. The molecule has 0 aliphatic rings. The van der Waals surface area contributed by atoms with Crippen molar-refractivity contribution in [3.05, 3.63) is 102 Å². The highest BCUT2D eigenvalue weighted by molar-refractivity contribution is 5.85. The Balaban J connectivity index is 0.00000245. The molecule has 8 heteroatoms. The molecule has 0 unspecified atom stereocenters. The van der Waals surface area contributed by atoms with Crippen molar-refractivity contribution < 1.29 is 14.0 Å². The van der Waals surface area contributed by atoms with Crippen LogP contribution in [-0.4, -0.2) is 14.6 Å². The summed E-state index contributed by atoms with van der Waals surface area (Å²) in [6.07, 6.45) is 3.64. The van der Waals surface area contributed by atoms with Crippen LogP contribution in [0.3, 0.4) is 0 Å². The third-order valence-corrected chi connectivity index (χ3v) is 5.16. The highest BCUT2D eigenvalue weighted by Gasteiger charge is 2.09. The Morgan fingerprint density at radius 2 is 1.78 bits per heavy atom. The number of benzene rings is 2. The van der Waals surface area contributed by atoms with E-state index in [9.17, 15) is 9.60 Å². The standard InChI is InChI=1S/C24H19FN4O2.ClH/c25-18-6-3-16(4-7-18)13-26-14-17-5-8-23-20(10-17)21(28-30)12-24(31-23)22-11-19-2-1-9-29(19)15-27-22;/h1-12,15,26,30H,13-14H2;1H/b28-21-;. The summed E-state index contributed by atoms with van der Waals surface area (Å²) in [6.45, 7) is 1.22. The van der Waals surface area contributed by atoms with Crippen LogP contribution in [0, 0.1) is 5.82 Å². The van der Waals surface area contributed by atoms with E-state index in [4.69, 9.17) is 4.42 Å². The van der Waals surface area contributed by atoms with Gasteiger partial charge in [0, 0.05) is 36.3 Å². The van der Waals surface area contributed by atoms with Gasteiger partial charge in [0.25, 0.3) is 0 Å². The van der Waals surface area contributed by atoms with E-state index in [0.717, 1.165) is 16.6 Å². The molecule has 2 N–H and O–H groups in total. The number of rotatable bonds is 5. The summed E-state index contributed by atoms with van der Waals surface area (Å²) in [5.74, 6) is 0.275. The Hall–Kier alpha value is -3.68. The lowest BCUT2D eigenvalue weighted by molar-refractivity contribution is 0.302. The second-order valence-corrected chi connectivity index (χ2v) is 7.27. The largest absolute Gasteiger partial charge is 0.454 e. The van der Waals surface area contributed by atoms with Gasteiger partial charge in [0.2, 0.25) is 0 Å². The van der Waals surface area contributed by atoms with E-state index < -0.39 is 0 Å². The normalized spacial score (nSPS) is 11.7. The van der Waals surface area contributed by atoms with E-state index in [2.05, 4.69) is 15.5 Å². The summed E-state index contributed by atoms with van der Waals surface area (Å²) in [7, 11) is 0. The molecule has 0 saturated carbocycles. The first-order valence-corrected chi connectivity index (χ1v) is 9.83. The molecular weight excluding hydrogens is 431 g/mol. The van der Waals surface area contributed by atoms with Gasteiger partial charge in [0.05, 0.1) is 6.33 Å². The van der Waals surface area contributed by atoms with E-state index in [-0.39, 0.29) is 18.2 Å². The predicted octanol–water partition coefficient (Wildman–Crippen LogP) is 4.89. The van der Waals surface area contributed by atoms with Crippen molar-refractivity contribution in [2.75, 3.05) is 0 Å². The molecule has 2 aromatic carbocycles. The summed E-state index contributed by atoms with van der Waals surface area (Å²) in [5.41, 5.74) is 4.26. The van der Waals surface area contributed by atoms with Gasteiger partial charge < -0.3 is 19.3 Å². The first-order chi connectivity index (χ1) is 15.2. The molecule has 6 nitrogen and oxygen atoms in total.